The van der Waals surface area contributed by atoms with Crippen LogP contribution in [-0.2, 0) is 44.5 Å². The van der Waals surface area contributed by atoms with Crippen molar-refractivity contribution in [2.45, 2.75) is 118 Å². The molecule has 14 nitrogen and oxygen atoms in total. The standard InChI is InChI=1S/C45H66F4N4O10/c1-42(2,3)58-35(54)26-50-17-18-51(27-36(55)59-43(4,5)6)21-22-53(29-38(57)61-45(10,11)12)31(25-52(20-19-50)28-37(56)60-44(7,8)9)23-30-13-15-32(16-14-30)62-63-41-39(48)33(46)24-34(47)40(41)49/h13-16,24,31H,17-23,25-29H2,1-12H3/t31-/m0/s1. The summed E-state index contributed by atoms with van der Waals surface area (Å²) in [5.41, 5.74) is -2.36. The van der Waals surface area contributed by atoms with Gasteiger partial charge in [-0.2, -0.15) is 8.78 Å². The summed E-state index contributed by atoms with van der Waals surface area (Å²) >= 11 is 0. The highest BCUT2D eigenvalue weighted by molar-refractivity contribution is 5.73. The number of carbonyl (C=O) groups excluding carboxylic acids is 4. The van der Waals surface area contributed by atoms with E-state index in [0.717, 1.165) is 0 Å². The van der Waals surface area contributed by atoms with E-state index in [1.807, 2.05) is 19.6 Å². The van der Waals surface area contributed by atoms with Crippen molar-refractivity contribution in [2.24, 2.45) is 0 Å². The largest absolute Gasteiger partial charge is 0.459 e. The van der Waals surface area contributed by atoms with Gasteiger partial charge in [-0.1, -0.05) is 12.1 Å². The highest BCUT2D eigenvalue weighted by Crippen LogP contribution is 2.28. The van der Waals surface area contributed by atoms with Crippen LogP contribution in [0, 0.1) is 23.3 Å². The molecule has 18 heteroatoms. The van der Waals surface area contributed by atoms with Crippen LogP contribution in [0.4, 0.5) is 17.6 Å². The van der Waals surface area contributed by atoms with E-state index in [2.05, 4.69) is 4.89 Å². The Kier molecular flexibility index (Phi) is 18.8. The van der Waals surface area contributed by atoms with Crippen molar-refractivity contribution in [2.75, 3.05) is 72.0 Å². The van der Waals surface area contributed by atoms with Crippen LogP contribution >= 0.6 is 0 Å². The maximum atomic E-state index is 14.2. The third kappa shape index (κ3) is 20.2. The molecule has 1 heterocycles. The molecule has 0 N–H and O–H groups in total. The normalized spacial score (nSPS) is 17.2. The van der Waals surface area contributed by atoms with E-state index < -0.39 is 81.3 Å². The predicted octanol–water partition coefficient (Wildman–Crippen LogP) is 6.12. The van der Waals surface area contributed by atoms with Crippen LogP contribution in [-0.4, -0.2) is 144 Å². The number of ether oxygens (including phenoxy) is 4. The van der Waals surface area contributed by atoms with Crippen LogP contribution in [0.5, 0.6) is 11.5 Å². The van der Waals surface area contributed by atoms with Crippen molar-refractivity contribution >= 4 is 23.9 Å². The Morgan fingerprint density at radius 3 is 1.30 bits per heavy atom. The van der Waals surface area contributed by atoms with Crippen molar-refractivity contribution in [3.05, 3.63) is 59.2 Å². The second-order valence-electron chi connectivity index (χ2n) is 19.6. The number of benzene rings is 2. The number of hydrogen-bond donors (Lipinski definition) is 0. The SMILES string of the molecule is CC(C)(C)OC(=O)CN1CCN(CC(=O)OC(C)(C)C)CCN(CC(=O)OC(C)(C)C)[C@@H](Cc2ccc(OOc3c(F)c(F)cc(F)c3F)cc2)CN(CC(=O)OC(C)(C)C)CC1. The van der Waals surface area contributed by atoms with Crippen LogP contribution in [0.15, 0.2) is 30.3 Å². The zero-order chi connectivity index (χ0) is 47.5. The number of carbonyl (C=O) groups is 4. The topological polar surface area (TPSA) is 137 Å². The Bertz CT molecular complexity index is 1830. The predicted molar refractivity (Wildman–Crippen MR) is 226 cm³/mol. The molecule has 1 saturated heterocycles. The summed E-state index contributed by atoms with van der Waals surface area (Å²) < 4.78 is 78.8. The third-order valence-corrected chi connectivity index (χ3v) is 8.91. The van der Waals surface area contributed by atoms with E-state index in [0.29, 0.717) is 25.2 Å². The molecular formula is C45H66F4N4O10. The fourth-order valence-corrected chi connectivity index (χ4v) is 6.48. The van der Waals surface area contributed by atoms with Crippen LogP contribution in [0.2, 0.25) is 0 Å². The summed E-state index contributed by atoms with van der Waals surface area (Å²) in [7, 11) is 0. The van der Waals surface area contributed by atoms with Crippen LogP contribution in [0.3, 0.4) is 0 Å². The number of nitrogens with zero attached hydrogens (tertiary/aromatic N) is 4. The first-order valence-electron chi connectivity index (χ1n) is 21.0. The van der Waals surface area contributed by atoms with Gasteiger partial charge >= 0.3 is 23.9 Å². The first-order chi connectivity index (χ1) is 28.9. The average Bonchev–Trinajstić information content (AvgIpc) is 3.10. The van der Waals surface area contributed by atoms with Gasteiger partial charge in [-0.3, -0.25) is 48.6 Å². The van der Waals surface area contributed by atoms with E-state index in [1.165, 1.54) is 12.1 Å². The Morgan fingerprint density at radius 1 is 0.524 bits per heavy atom. The van der Waals surface area contributed by atoms with Crippen molar-refractivity contribution in [1.82, 2.24) is 19.6 Å². The first-order valence-corrected chi connectivity index (χ1v) is 21.0. The first kappa shape index (κ1) is 52.8. The summed E-state index contributed by atoms with van der Waals surface area (Å²) in [6.07, 6.45) is 0.265. The Balaban J connectivity index is 2.06. The Morgan fingerprint density at radius 2 is 0.889 bits per heavy atom. The van der Waals surface area contributed by atoms with Crippen LogP contribution in [0.25, 0.3) is 0 Å². The lowest BCUT2D eigenvalue weighted by Crippen LogP contribution is -2.54. The highest BCUT2D eigenvalue weighted by atomic mass is 19.2. The van der Waals surface area contributed by atoms with Crippen molar-refractivity contribution in [3.63, 3.8) is 0 Å². The van der Waals surface area contributed by atoms with Crippen molar-refractivity contribution < 1.29 is 65.5 Å². The van der Waals surface area contributed by atoms with Gasteiger partial charge in [0.25, 0.3) is 5.75 Å². The lowest BCUT2D eigenvalue weighted by molar-refractivity contribution is -0.160. The lowest BCUT2D eigenvalue weighted by Gasteiger charge is -2.38. The molecule has 0 aromatic heterocycles. The van der Waals surface area contributed by atoms with Crippen LogP contribution in [0.1, 0.15) is 88.6 Å². The fourth-order valence-electron chi connectivity index (χ4n) is 6.48. The number of esters is 4. The molecule has 1 aliphatic rings. The maximum absolute atomic E-state index is 14.2. The fraction of sp³-hybridized carbons (Fsp3) is 0.644. The van der Waals surface area contributed by atoms with Gasteiger partial charge in [0.05, 0.1) is 26.2 Å². The molecule has 3 rings (SSSR count). The molecule has 0 unspecified atom stereocenters. The molecule has 0 bridgehead atoms. The highest BCUT2D eigenvalue weighted by Gasteiger charge is 2.31. The Hall–Kier alpha value is -4.52. The minimum absolute atomic E-state index is 0.0498. The Labute approximate surface area is 368 Å². The molecule has 0 amide bonds. The van der Waals surface area contributed by atoms with Gasteiger partial charge in [0.15, 0.2) is 17.4 Å². The summed E-state index contributed by atoms with van der Waals surface area (Å²) in [6, 6.07) is 5.65. The van der Waals surface area contributed by atoms with Crippen LogP contribution < -0.4 is 9.78 Å². The molecule has 1 atom stereocenters. The minimum atomic E-state index is -1.77. The molecule has 63 heavy (non-hydrogen) atoms. The zero-order valence-corrected chi connectivity index (χ0v) is 38.8. The van der Waals surface area contributed by atoms with E-state index in [1.54, 1.807) is 95.2 Å². The summed E-state index contributed by atoms with van der Waals surface area (Å²) in [5.74, 6) is -10.2. The lowest BCUT2D eigenvalue weighted by atomic mass is 10.0. The third-order valence-electron chi connectivity index (χ3n) is 8.91. The summed E-state index contributed by atoms with van der Waals surface area (Å²) in [6.45, 7) is 22.8. The number of hydrogen-bond acceptors (Lipinski definition) is 14. The number of halogens is 4. The molecule has 0 saturated carbocycles. The quantitative estimate of drug-likeness (QED) is 0.0571. The van der Waals surface area contributed by atoms with Gasteiger partial charge in [-0.25, -0.2) is 8.78 Å². The molecule has 1 fully saturated rings. The molecule has 0 radical (unpaired) electrons. The van der Waals surface area contributed by atoms with E-state index >= 15 is 0 Å². The number of rotatable bonds is 13. The molecule has 1 aliphatic heterocycles. The van der Waals surface area contributed by atoms with E-state index in [9.17, 15) is 36.7 Å². The van der Waals surface area contributed by atoms with Gasteiger partial charge in [-0.15, -0.1) is 0 Å². The molecule has 0 aliphatic carbocycles. The smallest absolute Gasteiger partial charge is 0.320 e. The van der Waals surface area contributed by atoms with Crippen molar-refractivity contribution in [3.8, 4) is 11.5 Å². The van der Waals surface area contributed by atoms with E-state index in [-0.39, 0.29) is 70.6 Å². The molecule has 354 valence electrons. The molecule has 2 aromatic rings. The monoisotopic (exact) mass is 898 g/mol. The average molecular weight is 899 g/mol. The molecule has 0 spiro atoms. The zero-order valence-electron chi connectivity index (χ0n) is 38.8. The second-order valence-corrected chi connectivity index (χ2v) is 19.6. The van der Waals surface area contributed by atoms with E-state index in [4.69, 9.17) is 23.8 Å². The molecule has 2 aromatic carbocycles. The summed E-state index contributed by atoms with van der Waals surface area (Å²) in [5, 5.41) is 0. The van der Waals surface area contributed by atoms with Crippen molar-refractivity contribution in [1.29, 1.82) is 0 Å². The van der Waals surface area contributed by atoms with Gasteiger partial charge in [-0.05, 0) is 107 Å². The minimum Gasteiger partial charge on any atom is -0.459 e. The van der Waals surface area contributed by atoms with Gasteiger partial charge in [0.2, 0.25) is 11.6 Å². The van der Waals surface area contributed by atoms with Gasteiger partial charge < -0.3 is 18.9 Å². The van der Waals surface area contributed by atoms with Gasteiger partial charge in [0, 0.05) is 57.9 Å². The second kappa shape index (κ2) is 22.4. The molecular weight excluding hydrogens is 833 g/mol. The van der Waals surface area contributed by atoms with Gasteiger partial charge in [0.1, 0.15) is 22.4 Å². The maximum Gasteiger partial charge on any atom is 0.320 e. The summed E-state index contributed by atoms with van der Waals surface area (Å²) in [4.78, 5) is 70.7.